The Hall–Kier alpha value is -1.06. The highest BCUT2D eigenvalue weighted by Crippen LogP contribution is 2.17. The van der Waals surface area contributed by atoms with Gasteiger partial charge < -0.3 is 10.2 Å². The van der Waals surface area contributed by atoms with Crippen LogP contribution in [0.4, 0.5) is 0 Å². The number of carbonyl (C=O) groups is 2. The minimum Gasteiger partial charge on any atom is -0.343 e. The van der Waals surface area contributed by atoms with Crippen LogP contribution in [0.15, 0.2) is 0 Å². The lowest BCUT2D eigenvalue weighted by Crippen LogP contribution is -2.63. The summed E-state index contributed by atoms with van der Waals surface area (Å²) in [6.45, 7) is 8.96. The molecule has 0 aromatic heterocycles. The van der Waals surface area contributed by atoms with Crippen LogP contribution in [0.3, 0.4) is 0 Å². The molecule has 1 fully saturated rings. The van der Waals surface area contributed by atoms with Crippen LogP contribution in [-0.4, -0.2) is 35.3 Å². The fourth-order valence-electron chi connectivity index (χ4n) is 2.38. The molecule has 0 radical (unpaired) electrons. The normalized spacial score (nSPS) is 24.6. The lowest BCUT2D eigenvalue weighted by atomic mass is 10.0. The largest absolute Gasteiger partial charge is 0.343 e. The van der Waals surface area contributed by atoms with Gasteiger partial charge >= 0.3 is 0 Å². The van der Waals surface area contributed by atoms with Crippen LogP contribution >= 0.6 is 0 Å². The smallest absolute Gasteiger partial charge is 0.245 e. The molecule has 1 N–H and O–H groups in total. The first kappa shape index (κ1) is 15.0. The number of amides is 2. The molecule has 0 aromatic carbocycles. The second kappa shape index (κ2) is 6.76. The number of hydrogen-bond donors (Lipinski definition) is 1. The Kier molecular flexibility index (Phi) is 5.63. The maximum absolute atomic E-state index is 12.4. The second-order valence-electron chi connectivity index (χ2n) is 5.49. The van der Waals surface area contributed by atoms with Gasteiger partial charge in [0.15, 0.2) is 0 Å². The van der Waals surface area contributed by atoms with Gasteiger partial charge in [-0.3, -0.25) is 9.59 Å². The molecule has 0 bridgehead atoms. The van der Waals surface area contributed by atoms with Crippen LogP contribution in [0, 0.1) is 5.92 Å². The van der Waals surface area contributed by atoms with Gasteiger partial charge in [-0.1, -0.05) is 34.1 Å². The predicted octanol–water partition coefficient (Wildman–Crippen LogP) is 1.94. The molecule has 4 nitrogen and oxygen atoms in total. The molecule has 1 heterocycles. The van der Waals surface area contributed by atoms with Crippen molar-refractivity contribution < 1.29 is 9.59 Å². The van der Waals surface area contributed by atoms with E-state index in [1.165, 1.54) is 0 Å². The van der Waals surface area contributed by atoms with Crippen LogP contribution < -0.4 is 5.32 Å². The number of nitrogens with zero attached hydrogens (tertiary/aromatic N) is 1. The van der Waals surface area contributed by atoms with Gasteiger partial charge in [0.05, 0.1) is 0 Å². The monoisotopic (exact) mass is 254 g/mol. The average Bonchev–Trinajstić information content (AvgIpc) is 2.31. The molecule has 1 aliphatic rings. The summed E-state index contributed by atoms with van der Waals surface area (Å²) in [5.41, 5.74) is 0. The zero-order valence-electron chi connectivity index (χ0n) is 12.0. The summed E-state index contributed by atoms with van der Waals surface area (Å²) in [7, 11) is 0. The average molecular weight is 254 g/mol. The standard InChI is InChI=1S/C14H26N2O2/c1-5-7-11-14(18)16(9-8-10(3)4)12(6-2)13(17)15-11/h10-12H,5-9H2,1-4H3,(H,15,17). The van der Waals surface area contributed by atoms with Crippen molar-refractivity contribution in [2.45, 2.75) is 65.5 Å². The van der Waals surface area contributed by atoms with Crippen LogP contribution in [0.2, 0.25) is 0 Å². The molecule has 2 atom stereocenters. The third kappa shape index (κ3) is 3.47. The Morgan fingerprint density at radius 1 is 1.28 bits per heavy atom. The summed E-state index contributed by atoms with van der Waals surface area (Å²) in [5, 5.41) is 2.86. The highest BCUT2D eigenvalue weighted by molar-refractivity contribution is 5.96. The number of rotatable bonds is 6. The summed E-state index contributed by atoms with van der Waals surface area (Å²) in [4.78, 5) is 26.2. The minimum atomic E-state index is -0.308. The molecule has 1 rings (SSSR count). The molecular weight excluding hydrogens is 228 g/mol. The highest BCUT2D eigenvalue weighted by atomic mass is 16.2. The summed E-state index contributed by atoms with van der Waals surface area (Å²) in [6.07, 6.45) is 3.29. The molecule has 1 aliphatic heterocycles. The first-order chi connectivity index (χ1) is 8.51. The molecule has 18 heavy (non-hydrogen) atoms. The fourth-order valence-corrected chi connectivity index (χ4v) is 2.38. The van der Waals surface area contributed by atoms with E-state index in [0.717, 1.165) is 19.3 Å². The van der Waals surface area contributed by atoms with Crippen molar-refractivity contribution in [2.24, 2.45) is 5.92 Å². The fraction of sp³-hybridized carbons (Fsp3) is 0.857. The van der Waals surface area contributed by atoms with Crippen molar-refractivity contribution in [3.63, 3.8) is 0 Å². The third-order valence-electron chi connectivity index (χ3n) is 3.49. The van der Waals surface area contributed by atoms with Gasteiger partial charge in [0, 0.05) is 6.54 Å². The van der Waals surface area contributed by atoms with Gasteiger partial charge in [0.2, 0.25) is 11.8 Å². The van der Waals surface area contributed by atoms with E-state index < -0.39 is 0 Å². The number of carbonyl (C=O) groups excluding carboxylic acids is 2. The van der Waals surface area contributed by atoms with Crippen molar-refractivity contribution in [2.75, 3.05) is 6.54 Å². The molecular formula is C14H26N2O2. The quantitative estimate of drug-likeness (QED) is 0.787. The molecule has 4 heteroatoms. The Bertz CT molecular complexity index is 302. The Morgan fingerprint density at radius 2 is 1.94 bits per heavy atom. The molecule has 0 aliphatic carbocycles. The highest BCUT2D eigenvalue weighted by Gasteiger charge is 2.38. The first-order valence-electron chi connectivity index (χ1n) is 7.12. The van der Waals surface area contributed by atoms with Crippen LogP contribution in [0.25, 0.3) is 0 Å². The topological polar surface area (TPSA) is 49.4 Å². The van der Waals surface area contributed by atoms with Gasteiger partial charge in [0.25, 0.3) is 0 Å². The van der Waals surface area contributed by atoms with Crippen LogP contribution in [0.5, 0.6) is 0 Å². The van der Waals surface area contributed by atoms with Crippen molar-refractivity contribution in [3.8, 4) is 0 Å². The van der Waals surface area contributed by atoms with Crippen molar-refractivity contribution in [1.82, 2.24) is 10.2 Å². The van der Waals surface area contributed by atoms with Crippen molar-refractivity contribution in [3.05, 3.63) is 0 Å². The summed E-state index contributed by atoms with van der Waals surface area (Å²) in [5.74, 6) is 0.660. The first-order valence-corrected chi connectivity index (χ1v) is 7.12. The maximum Gasteiger partial charge on any atom is 0.245 e. The maximum atomic E-state index is 12.4. The van der Waals surface area contributed by atoms with E-state index in [9.17, 15) is 9.59 Å². The summed E-state index contributed by atoms with van der Waals surface area (Å²) in [6, 6.07) is -0.582. The van der Waals surface area contributed by atoms with Crippen LogP contribution in [0.1, 0.15) is 53.4 Å². The number of nitrogens with one attached hydrogen (secondary N) is 1. The summed E-state index contributed by atoms with van der Waals surface area (Å²) >= 11 is 0. The van der Waals surface area contributed by atoms with E-state index in [-0.39, 0.29) is 23.9 Å². The van der Waals surface area contributed by atoms with E-state index in [0.29, 0.717) is 18.9 Å². The van der Waals surface area contributed by atoms with E-state index in [1.807, 2.05) is 13.8 Å². The third-order valence-corrected chi connectivity index (χ3v) is 3.49. The molecule has 2 amide bonds. The van der Waals surface area contributed by atoms with Gasteiger partial charge in [-0.2, -0.15) is 0 Å². The van der Waals surface area contributed by atoms with Crippen molar-refractivity contribution in [1.29, 1.82) is 0 Å². The van der Waals surface area contributed by atoms with Gasteiger partial charge in [-0.05, 0) is 25.2 Å². The lowest BCUT2D eigenvalue weighted by Gasteiger charge is -2.39. The molecule has 1 saturated heterocycles. The predicted molar refractivity (Wildman–Crippen MR) is 72.1 cm³/mol. The van der Waals surface area contributed by atoms with Crippen LogP contribution in [-0.2, 0) is 9.59 Å². The zero-order valence-corrected chi connectivity index (χ0v) is 12.0. The van der Waals surface area contributed by atoms with E-state index in [4.69, 9.17) is 0 Å². The molecule has 0 aromatic rings. The van der Waals surface area contributed by atoms with Gasteiger partial charge in [-0.15, -0.1) is 0 Å². The minimum absolute atomic E-state index is 0.0132. The molecule has 0 spiro atoms. The Labute approximate surface area is 110 Å². The molecule has 2 unspecified atom stereocenters. The Morgan fingerprint density at radius 3 is 2.44 bits per heavy atom. The van der Waals surface area contributed by atoms with Gasteiger partial charge in [0.1, 0.15) is 12.1 Å². The van der Waals surface area contributed by atoms with Crippen molar-refractivity contribution >= 4 is 11.8 Å². The van der Waals surface area contributed by atoms with E-state index in [1.54, 1.807) is 4.90 Å². The van der Waals surface area contributed by atoms with E-state index in [2.05, 4.69) is 19.2 Å². The second-order valence-corrected chi connectivity index (χ2v) is 5.49. The van der Waals surface area contributed by atoms with E-state index >= 15 is 0 Å². The lowest BCUT2D eigenvalue weighted by molar-refractivity contribution is -0.149. The SMILES string of the molecule is CCCC1NC(=O)C(CC)N(CCC(C)C)C1=O. The van der Waals surface area contributed by atoms with Gasteiger partial charge in [-0.25, -0.2) is 0 Å². The molecule has 104 valence electrons. The zero-order chi connectivity index (χ0) is 13.7. The Balaban J connectivity index is 2.77. The molecule has 0 saturated carbocycles. The number of piperazine rings is 1. The number of hydrogen-bond acceptors (Lipinski definition) is 2. The summed E-state index contributed by atoms with van der Waals surface area (Å²) < 4.78 is 0.